The van der Waals surface area contributed by atoms with E-state index in [-0.39, 0.29) is 40.2 Å². The molecule has 0 bridgehead atoms. The predicted molar refractivity (Wildman–Crippen MR) is 178 cm³/mol. The van der Waals surface area contributed by atoms with Gasteiger partial charge in [0.2, 0.25) is 11.8 Å². The van der Waals surface area contributed by atoms with E-state index in [9.17, 15) is 18.0 Å². The van der Waals surface area contributed by atoms with Gasteiger partial charge in [-0.25, -0.2) is 8.42 Å². The van der Waals surface area contributed by atoms with E-state index in [1.807, 2.05) is 81.4 Å². The van der Waals surface area contributed by atoms with Crippen LogP contribution in [0, 0.1) is 0 Å². The predicted octanol–water partition coefficient (Wildman–Crippen LogP) is 6.10. The first-order valence-corrected chi connectivity index (χ1v) is 16.3. The lowest BCUT2D eigenvalue weighted by atomic mass is 10.0. The number of methoxy groups -OCH3 is 1. The average Bonchev–Trinajstić information content (AvgIpc) is 3.02. The minimum absolute atomic E-state index is 0.0132. The summed E-state index contributed by atoms with van der Waals surface area (Å²) in [6, 6.07) is 30.2. The van der Waals surface area contributed by atoms with Crippen LogP contribution in [0.3, 0.4) is 0 Å². The van der Waals surface area contributed by atoms with Gasteiger partial charge in [-0.15, -0.1) is 0 Å². The number of rotatable bonds is 12. The fourth-order valence-corrected chi connectivity index (χ4v) is 6.48. The second-order valence-electron chi connectivity index (χ2n) is 11.6. The fraction of sp³-hybridized carbons (Fsp3) is 0.257. The second kappa shape index (κ2) is 14.6. The molecular formula is C35H38ClN3O5S. The SMILES string of the molecule is COc1ccc(Cl)cc1N(CC(=O)N(Cc1ccccc1)[C@@H](Cc1ccccc1)C(=O)NC(C)(C)C)S(=O)(=O)c1ccccc1. The third-order valence-corrected chi connectivity index (χ3v) is 8.99. The van der Waals surface area contributed by atoms with Gasteiger partial charge < -0.3 is 15.0 Å². The third kappa shape index (κ3) is 8.86. The van der Waals surface area contributed by atoms with E-state index < -0.39 is 34.1 Å². The highest BCUT2D eigenvalue weighted by Gasteiger charge is 2.36. The number of sulfonamides is 1. The Morgan fingerprint density at radius 1 is 0.844 bits per heavy atom. The number of hydrogen-bond acceptors (Lipinski definition) is 5. The van der Waals surface area contributed by atoms with Gasteiger partial charge in [-0.3, -0.25) is 13.9 Å². The zero-order valence-corrected chi connectivity index (χ0v) is 27.4. The molecule has 0 aliphatic carbocycles. The molecule has 10 heteroatoms. The highest BCUT2D eigenvalue weighted by molar-refractivity contribution is 7.92. The lowest BCUT2D eigenvalue weighted by Gasteiger charge is -2.35. The largest absolute Gasteiger partial charge is 0.495 e. The topological polar surface area (TPSA) is 96.0 Å². The lowest BCUT2D eigenvalue weighted by Crippen LogP contribution is -2.56. The number of ether oxygens (including phenoxy) is 1. The van der Waals surface area contributed by atoms with Gasteiger partial charge in [-0.2, -0.15) is 0 Å². The van der Waals surface area contributed by atoms with E-state index in [1.54, 1.807) is 30.3 Å². The summed E-state index contributed by atoms with van der Waals surface area (Å²) in [6.07, 6.45) is 0.216. The van der Waals surface area contributed by atoms with Gasteiger partial charge in [0.1, 0.15) is 18.3 Å². The molecule has 0 heterocycles. The maximum Gasteiger partial charge on any atom is 0.264 e. The number of carbonyl (C=O) groups excluding carboxylic acids is 2. The van der Waals surface area contributed by atoms with Crippen molar-refractivity contribution < 1.29 is 22.7 Å². The normalized spacial score (nSPS) is 12.2. The third-order valence-electron chi connectivity index (χ3n) is 6.98. The zero-order chi connectivity index (χ0) is 32.6. The summed E-state index contributed by atoms with van der Waals surface area (Å²) in [4.78, 5) is 29.9. The minimum Gasteiger partial charge on any atom is -0.495 e. The number of anilines is 1. The van der Waals surface area contributed by atoms with Crippen molar-refractivity contribution in [3.63, 3.8) is 0 Å². The highest BCUT2D eigenvalue weighted by atomic mass is 35.5. The molecule has 0 saturated carbocycles. The first-order valence-electron chi connectivity index (χ1n) is 14.5. The number of nitrogens with one attached hydrogen (secondary N) is 1. The average molecular weight is 648 g/mol. The summed E-state index contributed by atoms with van der Waals surface area (Å²) in [5.74, 6) is -0.716. The summed E-state index contributed by atoms with van der Waals surface area (Å²) in [7, 11) is -2.88. The Kier molecular flexibility index (Phi) is 10.9. The smallest absolute Gasteiger partial charge is 0.264 e. The fourth-order valence-electron chi connectivity index (χ4n) is 4.88. The first-order chi connectivity index (χ1) is 21.4. The summed E-state index contributed by atoms with van der Waals surface area (Å²) in [6.45, 7) is 5.06. The quantitative estimate of drug-likeness (QED) is 0.201. The maximum absolute atomic E-state index is 14.6. The van der Waals surface area contributed by atoms with Crippen LogP contribution in [0.5, 0.6) is 5.75 Å². The summed E-state index contributed by atoms with van der Waals surface area (Å²) >= 11 is 6.34. The van der Waals surface area contributed by atoms with Crippen molar-refractivity contribution in [1.82, 2.24) is 10.2 Å². The molecular weight excluding hydrogens is 610 g/mol. The van der Waals surface area contributed by atoms with E-state index in [0.717, 1.165) is 15.4 Å². The van der Waals surface area contributed by atoms with Gasteiger partial charge in [0.15, 0.2) is 0 Å². The molecule has 4 rings (SSSR count). The van der Waals surface area contributed by atoms with Crippen molar-refractivity contribution in [2.45, 2.75) is 50.2 Å². The maximum atomic E-state index is 14.6. The van der Waals surface area contributed by atoms with Crippen LogP contribution < -0.4 is 14.4 Å². The Morgan fingerprint density at radius 2 is 1.40 bits per heavy atom. The number of carbonyl (C=O) groups is 2. The monoisotopic (exact) mass is 647 g/mol. The van der Waals surface area contributed by atoms with Crippen LogP contribution >= 0.6 is 11.6 Å². The van der Waals surface area contributed by atoms with Crippen molar-refractivity contribution in [2.24, 2.45) is 0 Å². The van der Waals surface area contributed by atoms with Crippen molar-refractivity contribution >= 4 is 39.1 Å². The van der Waals surface area contributed by atoms with Gasteiger partial charge in [-0.05, 0) is 62.2 Å². The molecule has 0 aliphatic heterocycles. The molecule has 8 nitrogen and oxygen atoms in total. The second-order valence-corrected chi connectivity index (χ2v) is 13.9. The standard InChI is InChI=1S/C35H38ClN3O5S/c1-35(2,3)37-34(41)31(22-26-14-8-5-9-15-26)38(24-27-16-10-6-11-17-27)33(40)25-39(30-23-28(36)20-21-32(30)44-4)45(42,43)29-18-12-7-13-19-29/h5-21,23,31H,22,24-25H2,1-4H3,(H,37,41)/t31-/m0/s1. The van der Waals surface area contributed by atoms with E-state index in [4.69, 9.17) is 16.3 Å². The van der Waals surface area contributed by atoms with Crippen LogP contribution in [0.25, 0.3) is 0 Å². The molecule has 1 N–H and O–H groups in total. The Morgan fingerprint density at radius 3 is 1.96 bits per heavy atom. The molecule has 0 fully saturated rings. The zero-order valence-electron chi connectivity index (χ0n) is 25.8. The van der Waals surface area contributed by atoms with Gasteiger partial charge in [0.25, 0.3) is 10.0 Å². The molecule has 4 aromatic rings. The van der Waals surface area contributed by atoms with Crippen molar-refractivity contribution in [1.29, 1.82) is 0 Å². The molecule has 0 unspecified atom stereocenters. The number of hydrogen-bond donors (Lipinski definition) is 1. The molecule has 236 valence electrons. The Bertz CT molecular complexity index is 1700. The minimum atomic E-state index is -4.29. The van der Waals surface area contributed by atoms with Crippen LogP contribution in [0.4, 0.5) is 5.69 Å². The van der Waals surface area contributed by atoms with Crippen molar-refractivity contribution in [3.05, 3.63) is 125 Å². The number of benzene rings is 4. The van der Waals surface area contributed by atoms with Crippen LogP contribution in [0.2, 0.25) is 5.02 Å². The Balaban J connectivity index is 1.85. The van der Waals surface area contributed by atoms with Crippen molar-refractivity contribution in [2.75, 3.05) is 18.0 Å². The first kappa shape index (κ1) is 33.6. The summed E-state index contributed by atoms with van der Waals surface area (Å²) in [5, 5.41) is 3.29. The molecule has 1 atom stereocenters. The van der Waals surface area contributed by atoms with Gasteiger partial charge in [0, 0.05) is 23.5 Å². The molecule has 0 aromatic heterocycles. The Hall–Kier alpha value is -4.34. The number of nitrogens with zero attached hydrogens (tertiary/aromatic N) is 2. The molecule has 45 heavy (non-hydrogen) atoms. The number of halogens is 1. The lowest BCUT2D eigenvalue weighted by molar-refractivity contribution is -0.140. The van der Waals surface area contributed by atoms with Crippen LogP contribution in [0.1, 0.15) is 31.9 Å². The molecule has 4 aromatic carbocycles. The van der Waals surface area contributed by atoms with E-state index in [1.165, 1.54) is 30.2 Å². The van der Waals surface area contributed by atoms with Crippen LogP contribution in [-0.2, 0) is 32.6 Å². The van der Waals surface area contributed by atoms with Crippen molar-refractivity contribution in [3.8, 4) is 5.75 Å². The Labute approximate surface area is 270 Å². The molecule has 0 spiro atoms. The molecule has 0 aliphatic rings. The van der Waals surface area contributed by atoms with Gasteiger partial charge >= 0.3 is 0 Å². The number of amides is 2. The highest BCUT2D eigenvalue weighted by Crippen LogP contribution is 2.35. The molecule has 0 radical (unpaired) electrons. The molecule has 0 saturated heterocycles. The van der Waals surface area contributed by atoms with Gasteiger partial charge in [0.05, 0.1) is 17.7 Å². The van der Waals surface area contributed by atoms with Crippen LogP contribution in [-0.4, -0.2) is 50.4 Å². The summed E-state index contributed by atoms with van der Waals surface area (Å²) < 4.78 is 34.9. The summed E-state index contributed by atoms with van der Waals surface area (Å²) in [5.41, 5.74) is 1.15. The van der Waals surface area contributed by atoms with Crippen LogP contribution in [0.15, 0.2) is 114 Å². The van der Waals surface area contributed by atoms with Gasteiger partial charge in [-0.1, -0.05) is 90.5 Å². The van der Waals surface area contributed by atoms with E-state index >= 15 is 0 Å². The van der Waals surface area contributed by atoms with E-state index in [2.05, 4.69) is 5.32 Å². The van der Waals surface area contributed by atoms with E-state index in [0.29, 0.717) is 0 Å². The molecule has 2 amide bonds.